The number of hydrogen-bond acceptors (Lipinski definition) is 3. The molecule has 0 unspecified atom stereocenters. The standard InChI is InChI=1S/C8H9ClF2N2O.ClH/c9-7-5(2-1-3-13-7)6(12)8(10,11)4-14;/h1-3,6,14H,4,12H2;1H/t6-;/m1./s1. The third-order valence-electron chi connectivity index (χ3n) is 1.79. The SMILES string of the molecule is Cl.N[C@H](c1cccnc1Cl)C(F)(F)CO. The van der Waals surface area contributed by atoms with Gasteiger partial charge in [0.05, 0.1) is 6.04 Å². The number of nitrogens with zero attached hydrogens (tertiary/aromatic N) is 1. The van der Waals surface area contributed by atoms with Crippen LogP contribution in [0.25, 0.3) is 0 Å². The summed E-state index contributed by atoms with van der Waals surface area (Å²) in [5.41, 5.74) is 5.27. The number of hydrogen-bond donors (Lipinski definition) is 2. The van der Waals surface area contributed by atoms with Crippen molar-refractivity contribution in [1.82, 2.24) is 4.98 Å². The molecule has 0 amide bonds. The van der Waals surface area contributed by atoms with Crippen molar-refractivity contribution < 1.29 is 13.9 Å². The number of pyridine rings is 1. The fraction of sp³-hybridized carbons (Fsp3) is 0.375. The molecular formula is C8H10Cl2F2N2O. The second-order valence-corrected chi connectivity index (χ2v) is 3.14. The maximum atomic E-state index is 13.0. The smallest absolute Gasteiger partial charge is 0.289 e. The maximum absolute atomic E-state index is 13.0. The van der Waals surface area contributed by atoms with Crippen LogP contribution in [-0.2, 0) is 0 Å². The van der Waals surface area contributed by atoms with E-state index in [-0.39, 0.29) is 23.1 Å². The third kappa shape index (κ3) is 3.24. The number of alkyl halides is 2. The Hall–Kier alpha value is -0.490. The van der Waals surface area contributed by atoms with Gasteiger partial charge in [-0.2, -0.15) is 0 Å². The normalized spacial score (nSPS) is 13.1. The zero-order chi connectivity index (χ0) is 10.8. The highest BCUT2D eigenvalue weighted by molar-refractivity contribution is 6.30. The summed E-state index contributed by atoms with van der Waals surface area (Å²) >= 11 is 5.58. The molecule has 0 radical (unpaired) electrons. The molecule has 0 fully saturated rings. The van der Waals surface area contributed by atoms with Gasteiger partial charge in [0.25, 0.3) is 5.92 Å². The van der Waals surface area contributed by atoms with Gasteiger partial charge in [0, 0.05) is 11.8 Å². The van der Waals surface area contributed by atoms with E-state index in [9.17, 15) is 8.78 Å². The summed E-state index contributed by atoms with van der Waals surface area (Å²) in [4.78, 5) is 3.62. The molecule has 0 aromatic carbocycles. The lowest BCUT2D eigenvalue weighted by atomic mass is 10.0. The number of halogens is 4. The fourth-order valence-electron chi connectivity index (χ4n) is 0.956. The van der Waals surface area contributed by atoms with Crippen molar-refractivity contribution >= 4 is 24.0 Å². The fourth-order valence-corrected chi connectivity index (χ4v) is 1.19. The van der Waals surface area contributed by atoms with Gasteiger partial charge in [-0.25, -0.2) is 13.8 Å². The van der Waals surface area contributed by atoms with Crippen LogP contribution in [0.4, 0.5) is 8.78 Å². The third-order valence-corrected chi connectivity index (χ3v) is 2.10. The quantitative estimate of drug-likeness (QED) is 0.813. The van der Waals surface area contributed by atoms with E-state index in [1.807, 2.05) is 0 Å². The zero-order valence-corrected chi connectivity index (χ0v) is 9.10. The topological polar surface area (TPSA) is 59.1 Å². The molecule has 0 saturated carbocycles. The van der Waals surface area contributed by atoms with Crippen LogP contribution in [0, 0.1) is 0 Å². The van der Waals surface area contributed by atoms with E-state index < -0.39 is 18.6 Å². The minimum absolute atomic E-state index is 0. The monoisotopic (exact) mass is 258 g/mol. The summed E-state index contributed by atoms with van der Waals surface area (Å²) in [6.07, 6.45) is 1.37. The van der Waals surface area contributed by atoms with E-state index in [1.165, 1.54) is 18.3 Å². The second-order valence-electron chi connectivity index (χ2n) is 2.78. The highest BCUT2D eigenvalue weighted by Crippen LogP contribution is 2.31. The Morgan fingerprint density at radius 1 is 1.60 bits per heavy atom. The lowest BCUT2D eigenvalue weighted by Gasteiger charge is -2.21. The van der Waals surface area contributed by atoms with Crippen molar-refractivity contribution in [2.24, 2.45) is 5.73 Å². The average molecular weight is 259 g/mol. The molecule has 7 heteroatoms. The van der Waals surface area contributed by atoms with E-state index in [1.54, 1.807) is 0 Å². The Kier molecular flexibility index (Phi) is 5.37. The maximum Gasteiger partial charge on any atom is 0.289 e. The molecule has 0 bridgehead atoms. The number of aliphatic hydroxyl groups excluding tert-OH is 1. The lowest BCUT2D eigenvalue weighted by Crippen LogP contribution is -2.36. The molecule has 86 valence electrons. The molecule has 0 aliphatic carbocycles. The first-order chi connectivity index (χ1) is 6.49. The molecule has 0 saturated heterocycles. The van der Waals surface area contributed by atoms with Crippen molar-refractivity contribution in [3.63, 3.8) is 0 Å². The molecule has 1 aromatic heterocycles. The van der Waals surface area contributed by atoms with Gasteiger partial charge in [0.1, 0.15) is 11.8 Å². The van der Waals surface area contributed by atoms with Gasteiger partial charge < -0.3 is 10.8 Å². The molecule has 3 nitrogen and oxygen atoms in total. The zero-order valence-electron chi connectivity index (χ0n) is 7.53. The van der Waals surface area contributed by atoms with Gasteiger partial charge in [-0.15, -0.1) is 12.4 Å². The minimum Gasteiger partial charge on any atom is -0.390 e. The second kappa shape index (κ2) is 5.55. The van der Waals surface area contributed by atoms with Crippen molar-refractivity contribution in [3.05, 3.63) is 29.0 Å². The van der Waals surface area contributed by atoms with Gasteiger partial charge >= 0.3 is 0 Å². The largest absolute Gasteiger partial charge is 0.390 e. The number of nitrogens with two attached hydrogens (primary N) is 1. The molecule has 3 N–H and O–H groups in total. The predicted octanol–water partition coefficient (Wildman–Crippen LogP) is 1.78. The van der Waals surface area contributed by atoms with Gasteiger partial charge in [0.15, 0.2) is 0 Å². The summed E-state index contributed by atoms with van der Waals surface area (Å²) in [7, 11) is 0. The molecule has 0 spiro atoms. The summed E-state index contributed by atoms with van der Waals surface area (Å²) < 4.78 is 25.9. The summed E-state index contributed by atoms with van der Waals surface area (Å²) in [5, 5.41) is 8.35. The van der Waals surface area contributed by atoms with Crippen molar-refractivity contribution in [1.29, 1.82) is 0 Å². The Morgan fingerprint density at radius 2 is 2.20 bits per heavy atom. The highest BCUT2D eigenvalue weighted by atomic mass is 35.5. The molecule has 0 aliphatic heterocycles. The van der Waals surface area contributed by atoms with Crippen LogP contribution in [-0.4, -0.2) is 22.6 Å². The molecule has 1 aromatic rings. The molecule has 1 atom stereocenters. The van der Waals surface area contributed by atoms with Gasteiger partial charge in [-0.1, -0.05) is 17.7 Å². The Bertz CT molecular complexity index is 325. The average Bonchev–Trinajstić information content (AvgIpc) is 2.17. The van der Waals surface area contributed by atoms with Crippen LogP contribution < -0.4 is 5.73 Å². The van der Waals surface area contributed by atoms with Gasteiger partial charge in [-0.05, 0) is 6.07 Å². The van der Waals surface area contributed by atoms with E-state index in [0.29, 0.717) is 0 Å². The minimum atomic E-state index is -3.40. The van der Waals surface area contributed by atoms with E-state index in [0.717, 1.165) is 0 Å². The first-order valence-corrected chi connectivity index (χ1v) is 4.21. The lowest BCUT2D eigenvalue weighted by molar-refractivity contribution is -0.0712. The summed E-state index contributed by atoms with van der Waals surface area (Å²) in [6.45, 7) is -1.32. The first kappa shape index (κ1) is 14.5. The number of aliphatic hydroxyl groups is 1. The number of aromatic nitrogens is 1. The van der Waals surface area contributed by atoms with Crippen LogP contribution in [0.1, 0.15) is 11.6 Å². The van der Waals surface area contributed by atoms with Crippen molar-refractivity contribution in [2.75, 3.05) is 6.61 Å². The molecule has 15 heavy (non-hydrogen) atoms. The molecule has 1 rings (SSSR count). The van der Waals surface area contributed by atoms with Crippen molar-refractivity contribution in [2.45, 2.75) is 12.0 Å². The summed E-state index contributed by atoms with van der Waals surface area (Å²) in [5.74, 6) is -3.40. The Labute approximate surface area is 96.7 Å². The van der Waals surface area contributed by atoms with Crippen LogP contribution in [0.2, 0.25) is 5.15 Å². The highest BCUT2D eigenvalue weighted by Gasteiger charge is 2.38. The van der Waals surface area contributed by atoms with E-state index >= 15 is 0 Å². The molecule has 1 heterocycles. The van der Waals surface area contributed by atoms with E-state index in [4.69, 9.17) is 22.4 Å². The van der Waals surface area contributed by atoms with Crippen LogP contribution in [0.5, 0.6) is 0 Å². The summed E-state index contributed by atoms with van der Waals surface area (Å²) in [6, 6.07) is 1.16. The van der Waals surface area contributed by atoms with Crippen LogP contribution in [0.3, 0.4) is 0 Å². The van der Waals surface area contributed by atoms with Crippen LogP contribution in [0.15, 0.2) is 18.3 Å². The van der Waals surface area contributed by atoms with Gasteiger partial charge in [-0.3, -0.25) is 0 Å². The van der Waals surface area contributed by atoms with Gasteiger partial charge in [0.2, 0.25) is 0 Å². The number of rotatable bonds is 3. The van der Waals surface area contributed by atoms with E-state index in [2.05, 4.69) is 4.98 Å². The molecule has 0 aliphatic rings. The van der Waals surface area contributed by atoms with Crippen LogP contribution >= 0.6 is 24.0 Å². The Morgan fingerprint density at radius 3 is 2.67 bits per heavy atom. The predicted molar refractivity (Wildman–Crippen MR) is 55.5 cm³/mol. The first-order valence-electron chi connectivity index (χ1n) is 3.83. The van der Waals surface area contributed by atoms with Crippen molar-refractivity contribution in [3.8, 4) is 0 Å². The Balaban J connectivity index is 0.00000196. The molecular weight excluding hydrogens is 249 g/mol.